The summed E-state index contributed by atoms with van der Waals surface area (Å²) >= 11 is 7.04. The summed E-state index contributed by atoms with van der Waals surface area (Å²) in [5.74, 6) is 0.196. The lowest BCUT2D eigenvalue weighted by Gasteiger charge is -2.09. The number of ketones is 1. The van der Waals surface area contributed by atoms with E-state index >= 15 is 0 Å². The SMILES string of the molecule is CC(C)c1cccc(NC(=O)CCC(=O)c2ccc(Cl)s2)c1. The van der Waals surface area contributed by atoms with Crippen molar-refractivity contribution in [2.45, 2.75) is 32.6 Å². The van der Waals surface area contributed by atoms with Gasteiger partial charge in [0.15, 0.2) is 5.78 Å². The molecule has 5 heteroatoms. The van der Waals surface area contributed by atoms with Gasteiger partial charge >= 0.3 is 0 Å². The topological polar surface area (TPSA) is 46.2 Å². The highest BCUT2D eigenvalue weighted by molar-refractivity contribution is 7.18. The third-order valence-corrected chi connectivity index (χ3v) is 4.54. The van der Waals surface area contributed by atoms with Crippen LogP contribution in [0.1, 0.15) is 47.8 Å². The molecule has 0 radical (unpaired) electrons. The number of halogens is 1. The van der Waals surface area contributed by atoms with E-state index in [0.717, 1.165) is 5.69 Å². The minimum absolute atomic E-state index is 0.0528. The van der Waals surface area contributed by atoms with Crippen LogP contribution in [0.4, 0.5) is 5.69 Å². The van der Waals surface area contributed by atoms with E-state index in [1.165, 1.54) is 16.9 Å². The maximum absolute atomic E-state index is 11.9. The van der Waals surface area contributed by atoms with Gasteiger partial charge in [0.1, 0.15) is 0 Å². The molecule has 116 valence electrons. The van der Waals surface area contributed by atoms with E-state index in [1.807, 2.05) is 24.3 Å². The fourth-order valence-electron chi connectivity index (χ4n) is 2.01. The Morgan fingerprint density at radius 2 is 1.95 bits per heavy atom. The first-order chi connectivity index (χ1) is 10.5. The zero-order valence-corrected chi connectivity index (χ0v) is 14.1. The number of carbonyl (C=O) groups excluding carboxylic acids is 2. The van der Waals surface area contributed by atoms with Gasteiger partial charge in [-0.2, -0.15) is 0 Å². The molecule has 0 unspecified atom stereocenters. The minimum Gasteiger partial charge on any atom is -0.326 e. The van der Waals surface area contributed by atoms with Crippen molar-refractivity contribution in [3.63, 3.8) is 0 Å². The van der Waals surface area contributed by atoms with Crippen LogP contribution in [0, 0.1) is 0 Å². The van der Waals surface area contributed by atoms with Crippen LogP contribution in [-0.4, -0.2) is 11.7 Å². The van der Waals surface area contributed by atoms with Crippen molar-refractivity contribution >= 4 is 40.3 Å². The summed E-state index contributed by atoms with van der Waals surface area (Å²) in [6, 6.07) is 11.2. The average molecular weight is 336 g/mol. The van der Waals surface area contributed by atoms with Crippen molar-refractivity contribution in [3.8, 4) is 0 Å². The van der Waals surface area contributed by atoms with Crippen molar-refractivity contribution in [2.75, 3.05) is 5.32 Å². The first-order valence-corrected chi connectivity index (χ1v) is 8.33. The third kappa shape index (κ3) is 4.68. The number of rotatable bonds is 6. The first-order valence-electron chi connectivity index (χ1n) is 7.14. The lowest BCUT2D eigenvalue weighted by molar-refractivity contribution is -0.116. The molecule has 3 nitrogen and oxygen atoms in total. The Balaban J connectivity index is 1.88. The molecule has 0 saturated heterocycles. The Morgan fingerprint density at radius 3 is 2.59 bits per heavy atom. The molecule has 1 heterocycles. The number of anilines is 1. The Bertz CT molecular complexity index is 679. The molecule has 1 N–H and O–H groups in total. The summed E-state index contributed by atoms with van der Waals surface area (Å²) in [6.45, 7) is 4.21. The van der Waals surface area contributed by atoms with E-state index in [2.05, 4.69) is 19.2 Å². The normalized spacial score (nSPS) is 10.7. The molecule has 0 saturated carbocycles. The van der Waals surface area contributed by atoms with Crippen LogP contribution in [0.2, 0.25) is 4.34 Å². The molecule has 0 aliphatic carbocycles. The molecule has 2 rings (SSSR count). The summed E-state index contributed by atoms with van der Waals surface area (Å²) in [7, 11) is 0. The van der Waals surface area contributed by atoms with Gasteiger partial charge < -0.3 is 5.32 Å². The Hall–Kier alpha value is -1.65. The fraction of sp³-hybridized carbons (Fsp3) is 0.294. The summed E-state index contributed by atoms with van der Waals surface area (Å²) in [5.41, 5.74) is 1.94. The molecule has 0 fully saturated rings. The quantitative estimate of drug-likeness (QED) is 0.744. The molecule has 2 aromatic rings. The van der Waals surface area contributed by atoms with Crippen molar-refractivity contribution in [1.82, 2.24) is 0 Å². The van der Waals surface area contributed by atoms with E-state index in [4.69, 9.17) is 11.6 Å². The maximum atomic E-state index is 11.9. The molecule has 0 aliphatic rings. The van der Waals surface area contributed by atoms with E-state index in [1.54, 1.807) is 12.1 Å². The van der Waals surface area contributed by atoms with Gasteiger partial charge in [0.2, 0.25) is 5.91 Å². The van der Waals surface area contributed by atoms with Crippen LogP contribution in [-0.2, 0) is 4.79 Å². The standard InChI is InChI=1S/C17H18ClNO2S/c1-11(2)12-4-3-5-13(10-12)19-17(21)9-6-14(20)15-7-8-16(18)22-15/h3-5,7-8,10-11H,6,9H2,1-2H3,(H,19,21). The second-order valence-electron chi connectivity index (χ2n) is 5.36. The van der Waals surface area contributed by atoms with Crippen LogP contribution in [0.5, 0.6) is 0 Å². The van der Waals surface area contributed by atoms with Crippen LogP contribution < -0.4 is 5.32 Å². The number of carbonyl (C=O) groups is 2. The monoisotopic (exact) mass is 335 g/mol. The van der Waals surface area contributed by atoms with E-state index in [9.17, 15) is 9.59 Å². The highest BCUT2D eigenvalue weighted by Crippen LogP contribution is 2.23. The molecule has 0 bridgehead atoms. The van der Waals surface area contributed by atoms with Crippen molar-refractivity contribution in [3.05, 3.63) is 51.2 Å². The molecular weight excluding hydrogens is 318 g/mol. The Labute approximate surface area is 139 Å². The minimum atomic E-state index is -0.156. The number of benzene rings is 1. The molecule has 0 aliphatic heterocycles. The third-order valence-electron chi connectivity index (χ3n) is 3.26. The van der Waals surface area contributed by atoms with Crippen LogP contribution in [0.3, 0.4) is 0 Å². The van der Waals surface area contributed by atoms with Crippen LogP contribution in [0.15, 0.2) is 36.4 Å². The smallest absolute Gasteiger partial charge is 0.224 e. The molecule has 0 spiro atoms. The number of thiophene rings is 1. The zero-order chi connectivity index (χ0) is 16.1. The Morgan fingerprint density at radius 1 is 1.18 bits per heavy atom. The molecule has 1 amide bonds. The summed E-state index contributed by atoms with van der Waals surface area (Å²) in [4.78, 5) is 24.5. The number of nitrogens with one attached hydrogen (secondary N) is 1. The predicted molar refractivity (Wildman–Crippen MR) is 92.1 cm³/mol. The summed E-state index contributed by atoms with van der Waals surface area (Å²) in [5, 5.41) is 2.84. The van der Waals surface area contributed by atoms with Crippen molar-refractivity contribution in [1.29, 1.82) is 0 Å². The lowest BCUT2D eigenvalue weighted by atomic mass is 10.0. The maximum Gasteiger partial charge on any atom is 0.224 e. The summed E-state index contributed by atoms with van der Waals surface area (Å²) in [6.07, 6.45) is 0.354. The highest BCUT2D eigenvalue weighted by atomic mass is 35.5. The summed E-state index contributed by atoms with van der Waals surface area (Å²) < 4.78 is 0.582. The van der Waals surface area contributed by atoms with Gasteiger partial charge in [-0.25, -0.2) is 0 Å². The van der Waals surface area contributed by atoms with E-state index < -0.39 is 0 Å². The number of hydrogen-bond donors (Lipinski definition) is 1. The van der Waals surface area contributed by atoms with Gasteiger partial charge in [-0.15, -0.1) is 11.3 Å². The molecule has 1 aromatic heterocycles. The zero-order valence-electron chi connectivity index (χ0n) is 12.6. The van der Waals surface area contributed by atoms with E-state index in [-0.39, 0.29) is 24.5 Å². The van der Waals surface area contributed by atoms with Crippen molar-refractivity contribution < 1.29 is 9.59 Å². The van der Waals surface area contributed by atoms with Gasteiger partial charge in [-0.1, -0.05) is 37.6 Å². The van der Waals surface area contributed by atoms with E-state index in [0.29, 0.717) is 15.1 Å². The predicted octanol–water partition coefficient (Wildman–Crippen LogP) is 5.13. The van der Waals surface area contributed by atoms with Crippen LogP contribution >= 0.6 is 22.9 Å². The molecule has 1 aromatic carbocycles. The molecule has 0 atom stereocenters. The van der Waals surface area contributed by atoms with Crippen LogP contribution in [0.25, 0.3) is 0 Å². The second kappa shape index (κ2) is 7.56. The van der Waals surface area contributed by atoms with Gasteiger partial charge in [0, 0.05) is 18.5 Å². The number of hydrogen-bond acceptors (Lipinski definition) is 3. The first kappa shape index (κ1) is 16.7. The van der Waals surface area contributed by atoms with Gasteiger partial charge in [-0.05, 0) is 35.7 Å². The largest absolute Gasteiger partial charge is 0.326 e. The second-order valence-corrected chi connectivity index (χ2v) is 7.07. The van der Waals surface area contributed by atoms with Crippen molar-refractivity contribution in [2.24, 2.45) is 0 Å². The molecule has 22 heavy (non-hydrogen) atoms. The van der Waals surface area contributed by atoms with Gasteiger partial charge in [0.25, 0.3) is 0 Å². The number of amides is 1. The van der Waals surface area contributed by atoms with Gasteiger partial charge in [0.05, 0.1) is 9.21 Å². The molecular formula is C17H18ClNO2S. The average Bonchev–Trinajstić information content (AvgIpc) is 2.91. The number of Topliss-reactive ketones (excluding diaryl/α,β-unsaturated/α-hetero) is 1. The highest BCUT2D eigenvalue weighted by Gasteiger charge is 2.12. The fourth-order valence-corrected chi connectivity index (χ4v) is 3.02. The van der Waals surface area contributed by atoms with Gasteiger partial charge in [-0.3, -0.25) is 9.59 Å². The Kier molecular flexibility index (Phi) is 5.75. The lowest BCUT2D eigenvalue weighted by Crippen LogP contribution is -2.13.